The van der Waals surface area contributed by atoms with Crippen LogP contribution >= 0.6 is 34.4 Å². The predicted molar refractivity (Wildman–Crippen MR) is 94.7 cm³/mol. The maximum Gasteiger partial charge on any atom is 0.258 e. The highest BCUT2D eigenvalue weighted by Crippen LogP contribution is 2.30. The lowest BCUT2D eigenvalue weighted by atomic mass is 10.2. The van der Waals surface area contributed by atoms with Crippen LogP contribution in [0, 0.1) is 0 Å². The third-order valence-corrected chi connectivity index (χ3v) is 5.81. The third kappa shape index (κ3) is 3.36. The molecule has 4 nitrogen and oxygen atoms in total. The standard InChI is InChI=1S/C16H11N3OS3/c1-2-4-11(5-3-1)13-9-22-16(17-13)23-10-14-18-15(20-19-14)12-6-7-21-8-12/h1-9H,10H2. The van der Waals surface area contributed by atoms with E-state index in [1.165, 1.54) is 0 Å². The van der Waals surface area contributed by atoms with E-state index in [-0.39, 0.29) is 0 Å². The summed E-state index contributed by atoms with van der Waals surface area (Å²) in [6, 6.07) is 12.2. The Morgan fingerprint density at radius 1 is 1.00 bits per heavy atom. The van der Waals surface area contributed by atoms with Gasteiger partial charge in [-0.15, -0.1) is 11.3 Å². The highest BCUT2D eigenvalue weighted by Gasteiger charge is 2.11. The van der Waals surface area contributed by atoms with Crippen molar-refractivity contribution in [1.29, 1.82) is 0 Å². The molecule has 7 heteroatoms. The second-order valence-electron chi connectivity index (χ2n) is 4.68. The van der Waals surface area contributed by atoms with Crippen molar-refractivity contribution < 1.29 is 4.52 Å². The van der Waals surface area contributed by atoms with Crippen LogP contribution in [0.15, 0.2) is 61.4 Å². The number of benzene rings is 1. The first kappa shape index (κ1) is 14.6. The Morgan fingerprint density at radius 2 is 1.91 bits per heavy atom. The largest absolute Gasteiger partial charge is 0.334 e. The van der Waals surface area contributed by atoms with Gasteiger partial charge in [-0.2, -0.15) is 16.3 Å². The Hall–Kier alpha value is -1.96. The molecular weight excluding hydrogens is 346 g/mol. The van der Waals surface area contributed by atoms with Gasteiger partial charge in [0.2, 0.25) is 0 Å². The lowest BCUT2D eigenvalue weighted by molar-refractivity contribution is 0.425. The van der Waals surface area contributed by atoms with Crippen LogP contribution in [0.5, 0.6) is 0 Å². The second-order valence-corrected chi connectivity index (χ2v) is 7.54. The number of thioether (sulfide) groups is 1. The minimum atomic E-state index is 0.575. The molecule has 0 bridgehead atoms. The summed E-state index contributed by atoms with van der Waals surface area (Å²) in [6.07, 6.45) is 0. The van der Waals surface area contributed by atoms with E-state index in [1.807, 2.05) is 35.0 Å². The SMILES string of the molecule is c1ccc(-c2csc(SCc3noc(-c4ccsc4)n3)n2)cc1. The van der Waals surface area contributed by atoms with E-state index in [2.05, 4.69) is 32.6 Å². The van der Waals surface area contributed by atoms with Crippen LogP contribution < -0.4 is 0 Å². The quantitative estimate of drug-likeness (QED) is 0.459. The molecule has 0 aliphatic heterocycles. The number of rotatable bonds is 5. The van der Waals surface area contributed by atoms with Crippen molar-refractivity contribution in [2.75, 3.05) is 0 Å². The number of thiazole rings is 1. The minimum absolute atomic E-state index is 0.575. The van der Waals surface area contributed by atoms with Crippen molar-refractivity contribution in [2.24, 2.45) is 0 Å². The molecule has 0 amide bonds. The summed E-state index contributed by atoms with van der Waals surface area (Å²) >= 11 is 4.87. The number of thiophene rings is 1. The summed E-state index contributed by atoms with van der Waals surface area (Å²) in [5.74, 6) is 1.91. The molecule has 3 heterocycles. The van der Waals surface area contributed by atoms with Gasteiger partial charge in [-0.3, -0.25) is 0 Å². The van der Waals surface area contributed by atoms with Crippen LogP contribution in [0.1, 0.15) is 5.82 Å². The monoisotopic (exact) mass is 357 g/mol. The molecule has 0 aliphatic carbocycles. The zero-order valence-electron chi connectivity index (χ0n) is 11.9. The van der Waals surface area contributed by atoms with E-state index in [1.54, 1.807) is 34.4 Å². The summed E-state index contributed by atoms with van der Waals surface area (Å²) in [7, 11) is 0. The fraction of sp³-hybridized carbons (Fsp3) is 0.0625. The molecule has 0 fully saturated rings. The van der Waals surface area contributed by atoms with Crippen LogP contribution in [-0.2, 0) is 5.75 Å². The van der Waals surface area contributed by atoms with E-state index in [9.17, 15) is 0 Å². The molecule has 0 radical (unpaired) electrons. The Bertz CT molecular complexity index is 884. The molecule has 23 heavy (non-hydrogen) atoms. The van der Waals surface area contributed by atoms with Crippen LogP contribution in [0.3, 0.4) is 0 Å². The Kier molecular flexibility index (Phi) is 4.23. The van der Waals surface area contributed by atoms with Gasteiger partial charge < -0.3 is 4.52 Å². The highest BCUT2D eigenvalue weighted by atomic mass is 32.2. The van der Waals surface area contributed by atoms with Crippen molar-refractivity contribution in [1.82, 2.24) is 15.1 Å². The lowest BCUT2D eigenvalue weighted by Gasteiger charge is -1.94. The molecule has 0 N–H and O–H groups in total. The molecule has 0 atom stereocenters. The van der Waals surface area contributed by atoms with Crippen molar-refractivity contribution >= 4 is 34.4 Å². The van der Waals surface area contributed by atoms with Gasteiger partial charge in [0.05, 0.1) is 17.0 Å². The average molecular weight is 357 g/mol. The molecule has 0 aliphatic rings. The third-order valence-electron chi connectivity index (χ3n) is 3.11. The van der Waals surface area contributed by atoms with Gasteiger partial charge in [-0.25, -0.2) is 4.98 Å². The van der Waals surface area contributed by atoms with Gasteiger partial charge >= 0.3 is 0 Å². The first-order valence-electron chi connectivity index (χ1n) is 6.87. The molecule has 4 aromatic rings. The number of aromatic nitrogens is 3. The van der Waals surface area contributed by atoms with E-state index in [4.69, 9.17) is 4.52 Å². The molecule has 1 aromatic carbocycles. The number of hydrogen-bond donors (Lipinski definition) is 0. The van der Waals surface area contributed by atoms with Gasteiger partial charge in [0.1, 0.15) is 0 Å². The fourth-order valence-electron chi connectivity index (χ4n) is 2.01. The smallest absolute Gasteiger partial charge is 0.258 e. The second kappa shape index (κ2) is 6.66. The van der Waals surface area contributed by atoms with E-state index in [0.717, 1.165) is 21.2 Å². The molecule has 114 valence electrons. The van der Waals surface area contributed by atoms with Gasteiger partial charge in [0, 0.05) is 16.3 Å². The zero-order valence-corrected chi connectivity index (χ0v) is 14.3. The van der Waals surface area contributed by atoms with Crippen molar-refractivity contribution in [2.45, 2.75) is 10.1 Å². The van der Waals surface area contributed by atoms with Crippen LogP contribution in [-0.4, -0.2) is 15.1 Å². The van der Waals surface area contributed by atoms with Crippen LogP contribution in [0.2, 0.25) is 0 Å². The van der Waals surface area contributed by atoms with Gasteiger partial charge in [0.25, 0.3) is 5.89 Å². The van der Waals surface area contributed by atoms with Crippen molar-refractivity contribution in [3.8, 4) is 22.7 Å². The Morgan fingerprint density at radius 3 is 2.74 bits per heavy atom. The first-order chi connectivity index (χ1) is 11.4. The maximum absolute atomic E-state index is 5.29. The van der Waals surface area contributed by atoms with Gasteiger partial charge in [0.15, 0.2) is 10.2 Å². The normalized spacial score (nSPS) is 11.0. The molecule has 4 rings (SSSR count). The highest BCUT2D eigenvalue weighted by molar-refractivity contribution is 8.00. The van der Waals surface area contributed by atoms with Gasteiger partial charge in [-0.05, 0) is 11.4 Å². The Balaban J connectivity index is 1.43. The average Bonchev–Trinajstić information content (AvgIpc) is 3.33. The summed E-state index contributed by atoms with van der Waals surface area (Å²) in [6.45, 7) is 0. The fourth-order valence-corrected chi connectivity index (χ4v) is 4.32. The Labute approximate surface area is 145 Å². The zero-order chi connectivity index (χ0) is 15.5. The molecule has 0 saturated heterocycles. The number of nitrogens with zero attached hydrogens (tertiary/aromatic N) is 3. The van der Waals surface area contributed by atoms with Crippen LogP contribution in [0.25, 0.3) is 22.7 Å². The summed E-state index contributed by atoms with van der Waals surface area (Å²) in [4.78, 5) is 9.07. The van der Waals surface area contributed by atoms with Crippen LogP contribution in [0.4, 0.5) is 0 Å². The molecule has 0 unspecified atom stereocenters. The molecule has 3 aromatic heterocycles. The molecular formula is C16H11N3OS3. The van der Waals surface area contributed by atoms with Crippen molar-refractivity contribution in [3.05, 3.63) is 58.4 Å². The first-order valence-corrected chi connectivity index (χ1v) is 9.68. The predicted octanol–water partition coefficient (Wildman–Crippen LogP) is 5.21. The van der Waals surface area contributed by atoms with E-state index < -0.39 is 0 Å². The van der Waals surface area contributed by atoms with E-state index >= 15 is 0 Å². The lowest BCUT2D eigenvalue weighted by Crippen LogP contribution is -1.84. The molecule has 0 spiro atoms. The topological polar surface area (TPSA) is 51.8 Å². The maximum atomic E-state index is 5.29. The number of hydrogen-bond acceptors (Lipinski definition) is 7. The summed E-state index contributed by atoms with van der Waals surface area (Å²) < 4.78 is 6.29. The summed E-state index contributed by atoms with van der Waals surface area (Å²) in [5.41, 5.74) is 3.11. The van der Waals surface area contributed by atoms with E-state index in [0.29, 0.717) is 17.5 Å². The summed E-state index contributed by atoms with van der Waals surface area (Å²) in [5, 5.41) is 10.1. The van der Waals surface area contributed by atoms with Crippen molar-refractivity contribution in [3.63, 3.8) is 0 Å². The molecule has 0 saturated carbocycles. The minimum Gasteiger partial charge on any atom is -0.334 e. The van der Waals surface area contributed by atoms with Gasteiger partial charge in [-0.1, -0.05) is 47.3 Å².